The van der Waals surface area contributed by atoms with Gasteiger partial charge in [-0.3, -0.25) is 0 Å². The molecule has 82 valence electrons. The Hall–Kier alpha value is -0.990. The van der Waals surface area contributed by atoms with Crippen molar-refractivity contribution in [1.29, 1.82) is 0 Å². The van der Waals surface area contributed by atoms with Crippen LogP contribution in [0, 0.1) is 0 Å². The Morgan fingerprint density at radius 1 is 1.60 bits per heavy atom. The number of benzene rings is 1. The third-order valence-corrected chi connectivity index (χ3v) is 2.51. The van der Waals surface area contributed by atoms with Crippen molar-refractivity contribution in [2.75, 3.05) is 7.11 Å². The van der Waals surface area contributed by atoms with Crippen LogP contribution in [0.5, 0.6) is 5.75 Å². The number of allylic oxidation sites excluding steroid dienone is 1. The summed E-state index contributed by atoms with van der Waals surface area (Å²) in [6.07, 6.45) is 3.59. The summed E-state index contributed by atoms with van der Waals surface area (Å²) >= 11 is 5.92. The van der Waals surface area contributed by atoms with E-state index in [1.807, 2.05) is 18.2 Å². The van der Waals surface area contributed by atoms with E-state index >= 15 is 0 Å². The summed E-state index contributed by atoms with van der Waals surface area (Å²) in [5.41, 5.74) is 6.99. The molecule has 1 unspecified atom stereocenters. The van der Waals surface area contributed by atoms with Gasteiger partial charge in [0.05, 0.1) is 7.11 Å². The zero-order valence-corrected chi connectivity index (χ0v) is 9.63. The van der Waals surface area contributed by atoms with Crippen LogP contribution in [-0.4, -0.2) is 7.11 Å². The highest BCUT2D eigenvalue weighted by atomic mass is 35.5. The van der Waals surface area contributed by atoms with E-state index in [0.717, 1.165) is 24.2 Å². The van der Waals surface area contributed by atoms with E-state index in [-0.39, 0.29) is 6.04 Å². The first-order chi connectivity index (χ1) is 7.19. The average molecular weight is 226 g/mol. The van der Waals surface area contributed by atoms with Gasteiger partial charge in [0.15, 0.2) is 0 Å². The molecular weight excluding hydrogens is 210 g/mol. The first-order valence-corrected chi connectivity index (χ1v) is 5.26. The summed E-state index contributed by atoms with van der Waals surface area (Å²) in [6.45, 7) is 3.67. The predicted octanol–water partition coefficient (Wildman–Crippen LogP) is 3.31. The SMILES string of the molecule is C=CCCC(N)c1cc(Cl)ccc1OC. The number of hydrogen-bond donors (Lipinski definition) is 1. The summed E-state index contributed by atoms with van der Waals surface area (Å²) in [7, 11) is 1.63. The Morgan fingerprint density at radius 3 is 2.93 bits per heavy atom. The van der Waals surface area contributed by atoms with Gasteiger partial charge in [-0.05, 0) is 31.0 Å². The van der Waals surface area contributed by atoms with Crippen LogP contribution in [0.2, 0.25) is 5.02 Å². The van der Waals surface area contributed by atoms with Gasteiger partial charge >= 0.3 is 0 Å². The molecule has 1 atom stereocenters. The lowest BCUT2D eigenvalue weighted by atomic mass is 10.0. The first kappa shape index (κ1) is 12.1. The quantitative estimate of drug-likeness (QED) is 0.781. The predicted molar refractivity (Wildman–Crippen MR) is 64.4 cm³/mol. The monoisotopic (exact) mass is 225 g/mol. The third-order valence-electron chi connectivity index (χ3n) is 2.27. The molecule has 0 fully saturated rings. The average Bonchev–Trinajstić information content (AvgIpc) is 2.25. The van der Waals surface area contributed by atoms with Gasteiger partial charge in [-0.15, -0.1) is 6.58 Å². The van der Waals surface area contributed by atoms with Gasteiger partial charge in [0.1, 0.15) is 5.75 Å². The fourth-order valence-corrected chi connectivity index (χ4v) is 1.63. The molecule has 0 aromatic heterocycles. The normalized spacial score (nSPS) is 12.2. The topological polar surface area (TPSA) is 35.2 Å². The maximum Gasteiger partial charge on any atom is 0.123 e. The molecular formula is C12H16ClNO. The smallest absolute Gasteiger partial charge is 0.123 e. The largest absolute Gasteiger partial charge is 0.496 e. The molecule has 0 amide bonds. The molecule has 0 saturated heterocycles. The molecule has 2 nitrogen and oxygen atoms in total. The zero-order valence-electron chi connectivity index (χ0n) is 8.87. The van der Waals surface area contributed by atoms with Crippen molar-refractivity contribution in [2.24, 2.45) is 5.73 Å². The van der Waals surface area contributed by atoms with E-state index in [4.69, 9.17) is 22.1 Å². The lowest BCUT2D eigenvalue weighted by molar-refractivity contribution is 0.404. The maximum atomic E-state index is 6.04. The molecule has 3 heteroatoms. The van der Waals surface area contributed by atoms with Crippen molar-refractivity contribution in [3.05, 3.63) is 41.4 Å². The van der Waals surface area contributed by atoms with E-state index in [1.165, 1.54) is 0 Å². The molecule has 1 aromatic rings. The van der Waals surface area contributed by atoms with Crippen molar-refractivity contribution in [3.63, 3.8) is 0 Å². The Balaban J connectivity index is 2.89. The minimum atomic E-state index is -0.0587. The molecule has 1 aromatic carbocycles. The van der Waals surface area contributed by atoms with Crippen LogP contribution in [0.3, 0.4) is 0 Å². The number of ether oxygens (including phenoxy) is 1. The van der Waals surface area contributed by atoms with Crippen LogP contribution in [0.25, 0.3) is 0 Å². The van der Waals surface area contributed by atoms with E-state index in [0.29, 0.717) is 5.02 Å². The number of halogens is 1. The van der Waals surface area contributed by atoms with E-state index < -0.39 is 0 Å². The molecule has 0 spiro atoms. The number of hydrogen-bond acceptors (Lipinski definition) is 2. The molecule has 0 aliphatic heterocycles. The minimum Gasteiger partial charge on any atom is -0.496 e. The molecule has 0 aliphatic carbocycles. The summed E-state index contributed by atoms with van der Waals surface area (Å²) in [5.74, 6) is 0.788. The molecule has 0 bridgehead atoms. The van der Waals surface area contributed by atoms with E-state index in [1.54, 1.807) is 13.2 Å². The number of rotatable bonds is 5. The highest BCUT2D eigenvalue weighted by molar-refractivity contribution is 6.30. The summed E-state index contributed by atoms with van der Waals surface area (Å²) in [6, 6.07) is 5.43. The van der Waals surface area contributed by atoms with Crippen molar-refractivity contribution in [2.45, 2.75) is 18.9 Å². The van der Waals surface area contributed by atoms with Gasteiger partial charge in [0, 0.05) is 16.6 Å². The van der Waals surface area contributed by atoms with E-state index in [9.17, 15) is 0 Å². The van der Waals surface area contributed by atoms with E-state index in [2.05, 4.69) is 6.58 Å². The summed E-state index contributed by atoms with van der Waals surface area (Å²) in [5, 5.41) is 0.680. The zero-order chi connectivity index (χ0) is 11.3. The molecule has 0 aliphatic rings. The fraction of sp³-hybridized carbons (Fsp3) is 0.333. The second-order valence-electron chi connectivity index (χ2n) is 3.36. The van der Waals surface area contributed by atoms with Crippen molar-refractivity contribution < 1.29 is 4.74 Å². The first-order valence-electron chi connectivity index (χ1n) is 4.89. The van der Waals surface area contributed by atoms with Crippen LogP contribution < -0.4 is 10.5 Å². The Morgan fingerprint density at radius 2 is 2.33 bits per heavy atom. The van der Waals surface area contributed by atoms with Gasteiger partial charge in [-0.25, -0.2) is 0 Å². The van der Waals surface area contributed by atoms with Gasteiger partial charge in [-0.1, -0.05) is 17.7 Å². The molecule has 0 radical (unpaired) electrons. The number of nitrogens with two attached hydrogens (primary N) is 1. The van der Waals surface area contributed by atoms with Crippen molar-refractivity contribution >= 4 is 11.6 Å². The Labute approximate surface area is 95.7 Å². The molecule has 0 saturated carbocycles. The molecule has 1 rings (SSSR count). The second kappa shape index (κ2) is 5.79. The minimum absolute atomic E-state index is 0.0587. The fourth-order valence-electron chi connectivity index (χ4n) is 1.45. The lowest BCUT2D eigenvalue weighted by Crippen LogP contribution is -2.11. The van der Waals surface area contributed by atoms with Crippen LogP contribution in [0.4, 0.5) is 0 Å². The van der Waals surface area contributed by atoms with Crippen LogP contribution in [-0.2, 0) is 0 Å². The third kappa shape index (κ3) is 3.26. The van der Waals surface area contributed by atoms with Crippen LogP contribution in [0.15, 0.2) is 30.9 Å². The van der Waals surface area contributed by atoms with Gasteiger partial charge in [0.2, 0.25) is 0 Å². The molecule has 15 heavy (non-hydrogen) atoms. The van der Waals surface area contributed by atoms with Crippen LogP contribution >= 0.6 is 11.6 Å². The standard InChI is InChI=1S/C12H16ClNO/c1-3-4-5-11(14)10-8-9(13)6-7-12(10)15-2/h3,6-8,11H,1,4-5,14H2,2H3. The molecule has 0 heterocycles. The second-order valence-corrected chi connectivity index (χ2v) is 3.80. The van der Waals surface area contributed by atoms with Gasteiger partial charge in [-0.2, -0.15) is 0 Å². The number of methoxy groups -OCH3 is 1. The highest BCUT2D eigenvalue weighted by Crippen LogP contribution is 2.29. The highest BCUT2D eigenvalue weighted by Gasteiger charge is 2.11. The maximum absolute atomic E-state index is 6.04. The molecule has 2 N–H and O–H groups in total. The van der Waals surface area contributed by atoms with Gasteiger partial charge < -0.3 is 10.5 Å². The summed E-state index contributed by atoms with van der Waals surface area (Å²) in [4.78, 5) is 0. The van der Waals surface area contributed by atoms with Crippen molar-refractivity contribution in [3.8, 4) is 5.75 Å². The lowest BCUT2D eigenvalue weighted by Gasteiger charge is -2.15. The van der Waals surface area contributed by atoms with Crippen LogP contribution in [0.1, 0.15) is 24.4 Å². The Kier molecular flexibility index (Phi) is 4.66. The van der Waals surface area contributed by atoms with Crippen molar-refractivity contribution in [1.82, 2.24) is 0 Å². The van der Waals surface area contributed by atoms with Gasteiger partial charge in [0.25, 0.3) is 0 Å². The Bertz CT molecular complexity index is 338. The summed E-state index contributed by atoms with van der Waals surface area (Å²) < 4.78 is 5.24.